The minimum atomic E-state index is -3.16. The van der Waals surface area contributed by atoms with Crippen LogP contribution in [-0.4, -0.2) is 44.4 Å². The van der Waals surface area contributed by atoms with Crippen LogP contribution in [0.2, 0.25) is 0 Å². The zero-order valence-electron chi connectivity index (χ0n) is 22.1. The molecule has 2 amide bonds. The van der Waals surface area contributed by atoms with Gasteiger partial charge in [0.05, 0.1) is 17.4 Å². The summed E-state index contributed by atoms with van der Waals surface area (Å²) in [5, 5.41) is 4.68. The Morgan fingerprint density at radius 2 is 2.00 bits per heavy atom. The molecule has 0 unspecified atom stereocenters. The van der Waals surface area contributed by atoms with Gasteiger partial charge in [0.25, 0.3) is 5.91 Å². The highest BCUT2D eigenvalue weighted by Gasteiger charge is 2.55. The van der Waals surface area contributed by atoms with Crippen LogP contribution in [0.4, 0.5) is 4.39 Å². The number of rotatable bonds is 7. The summed E-state index contributed by atoms with van der Waals surface area (Å²) < 4.78 is 60.0. The number of Topliss-reactive ketones (excluding diaryl/α,β-unsaturated/α-hetero) is 1. The Morgan fingerprint density at radius 1 is 1.23 bits per heavy atom. The molecule has 8 heteroatoms. The number of hydrogen-bond acceptors (Lipinski definition) is 4. The smallest absolute Gasteiger partial charge is 0.269 e. The van der Waals surface area contributed by atoms with Gasteiger partial charge >= 0.3 is 0 Å². The maximum Gasteiger partial charge on any atom is 0.269 e. The van der Waals surface area contributed by atoms with Crippen LogP contribution in [0.5, 0.6) is 0 Å². The number of nitrogens with two attached hydrogens (primary N) is 1. The molecule has 1 saturated heterocycles. The lowest BCUT2D eigenvalue weighted by atomic mass is 10.0. The fourth-order valence-corrected chi connectivity index (χ4v) is 4.27. The van der Waals surface area contributed by atoms with Crippen molar-refractivity contribution in [3.05, 3.63) is 41.4 Å². The number of allylic oxidation sites excluding steroid dienone is 2. The number of hydrogen-bond donors (Lipinski definition) is 1. The summed E-state index contributed by atoms with van der Waals surface area (Å²) in [5.41, 5.74) is 4.69. The summed E-state index contributed by atoms with van der Waals surface area (Å²) >= 11 is 0. The van der Waals surface area contributed by atoms with Crippen molar-refractivity contribution in [3.63, 3.8) is 0 Å². The van der Waals surface area contributed by atoms with Gasteiger partial charge in [-0.15, -0.1) is 0 Å². The number of ketones is 1. The number of piperidine rings is 1. The Bertz CT molecular complexity index is 1250. The molecule has 2 N–H and O–H groups in total. The van der Waals surface area contributed by atoms with Crippen LogP contribution in [0.1, 0.15) is 58.1 Å². The van der Waals surface area contributed by atoms with Crippen LogP contribution in [0.3, 0.4) is 0 Å². The zero-order valence-corrected chi connectivity index (χ0v) is 16.1. The highest BCUT2D eigenvalue weighted by molar-refractivity contribution is 6.04. The monoisotopic (exact) mass is 418 g/mol. The van der Waals surface area contributed by atoms with Crippen molar-refractivity contribution >= 4 is 28.5 Å². The number of nitrogens with zero attached hydrogens (tertiary/aromatic N) is 3. The van der Waals surface area contributed by atoms with Gasteiger partial charge in [-0.05, 0) is 44.1 Å². The fourth-order valence-electron chi connectivity index (χ4n) is 4.27. The second-order valence-electron chi connectivity index (χ2n) is 7.75. The highest BCUT2D eigenvalue weighted by Crippen LogP contribution is 2.48. The van der Waals surface area contributed by atoms with Gasteiger partial charge in [-0.2, -0.15) is 5.10 Å². The Hall–Kier alpha value is -3.03. The molecule has 1 aliphatic carbocycles. The van der Waals surface area contributed by atoms with E-state index in [4.69, 9.17) is 14.0 Å². The third kappa shape index (κ3) is 3.62. The quantitative estimate of drug-likeness (QED) is 0.747. The number of halogens is 1. The number of fused-ring (bicyclic) bond motifs is 2. The summed E-state index contributed by atoms with van der Waals surface area (Å²) in [6.45, 7) is -6.56. The van der Waals surface area contributed by atoms with Crippen molar-refractivity contribution in [1.82, 2.24) is 14.7 Å². The van der Waals surface area contributed by atoms with E-state index in [0.29, 0.717) is 17.3 Å². The number of aromatic nitrogens is 2. The standard InChI is InChI=1S/C22H25FN4O3/c1-12(2)15(23)7-8-19(28)18-10-13-9-17(13)27(18)20(29)11-26-16-6-4-3-5-14(16)21(25-26)22(24)30/h3-6,13,17-18H,7-11H2,1-2H3,(H2,24,30)/t13-,17-,18+/m1/s1/i1D3,2D3. The molecule has 1 aromatic carbocycles. The number of para-hydroxylation sites is 1. The largest absolute Gasteiger partial charge is 0.364 e. The van der Waals surface area contributed by atoms with E-state index < -0.39 is 61.6 Å². The lowest BCUT2D eigenvalue weighted by molar-refractivity contribution is -0.139. The first kappa shape index (κ1) is 14.1. The molecular formula is C22H25FN4O3. The van der Waals surface area contributed by atoms with E-state index in [1.165, 1.54) is 9.58 Å². The number of likely N-dealkylation sites (tertiary alicyclic amines) is 1. The van der Waals surface area contributed by atoms with E-state index in [1.54, 1.807) is 24.3 Å². The van der Waals surface area contributed by atoms with Gasteiger partial charge in [0.1, 0.15) is 6.54 Å². The van der Waals surface area contributed by atoms with Crippen LogP contribution in [0.15, 0.2) is 35.7 Å². The summed E-state index contributed by atoms with van der Waals surface area (Å²) in [6, 6.07) is 5.84. The Kier molecular flexibility index (Phi) is 3.59. The minimum Gasteiger partial charge on any atom is -0.364 e. The van der Waals surface area contributed by atoms with Crippen LogP contribution < -0.4 is 5.73 Å². The van der Waals surface area contributed by atoms with Gasteiger partial charge in [0.2, 0.25) is 5.91 Å². The molecule has 1 aromatic heterocycles. The van der Waals surface area contributed by atoms with E-state index in [1.807, 2.05) is 0 Å². The normalized spacial score (nSPS) is 25.9. The van der Waals surface area contributed by atoms with Crippen LogP contribution in [0, 0.1) is 5.92 Å². The van der Waals surface area contributed by atoms with Crippen molar-refractivity contribution in [2.75, 3.05) is 0 Å². The van der Waals surface area contributed by atoms with E-state index in [9.17, 15) is 18.8 Å². The van der Waals surface area contributed by atoms with Gasteiger partial charge < -0.3 is 10.6 Å². The van der Waals surface area contributed by atoms with E-state index in [-0.39, 0.29) is 24.2 Å². The fraction of sp³-hybridized carbons (Fsp3) is 0.455. The van der Waals surface area contributed by atoms with Gasteiger partial charge in [-0.25, -0.2) is 4.39 Å². The van der Waals surface area contributed by atoms with E-state index in [0.717, 1.165) is 6.42 Å². The van der Waals surface area contributed by atoms with Crippen molar-refractivity contribution in [2.24, 2.45) is 11.7 Å². The predicted molar refractivity (Wildman–Crippen MR) is 109 cm³/mol. The van der Waals surface area contributed by atoms with Crippen molar-refractivity contribution < 1.29 is 27.0 Å². The average Bonchev–Trinajstić information content (AvgIpc) is 3.25. The molecule has 2 aliphatic rings. The summed E-state index contributed by atoms with van der Waals surface area (Å²) in [4.78, 5) is 39.5. The SMILES string of the molecule is [2H]C([2H])([2H])C(=C(F)CCC(=O)[C@@H]1C[C@H]2C[C@H]2N1C(=O)Cn1nc(C(N)=O)c2ccccc21)C([2H])([2H])[2H]. The van der Waals surface area contributed by atoms with Crippen molar-refractivity contribution in [1.29, 1.82) is 0 Å². The first-order valence-electron chi connectivity index (χ1n) is 12.7. The highest BCUT2D eigenvalue weighted by atomic mass is 19.1. The number of carbonyl (C=O) groups excluding carboxylic acids is 3. The summed E-state index contributed by atoms with van der Waals surface area (Å²) in [6.07, 6.45) is 0.0211. The third-order valence-corrected chi connectivity index (χ3v) is 5.80. The average molecular weight is 419 g/mol. The van der Waals surface area contributed by atoms with Crippen molar-refractivity contribution in [3.8, 4) is 0 Å². The topological polar surface area (TPSA) is 98.3 Å². The molecule has 4 rings (SSSR count). The van der Waals surface area contributed by atoms with Gasteiger partial charge in [-0.3, -0.25) is 19.1 Å². The minimum absolute atomic E-state index is 0.0262. The van der Waals surface area contributed by atoms with Crippen LogP contribution in [-0.2, 0) is 16.1 Å². The second-order valence-corrected chi connectivity index (χ2v) is 7.75. The van der Waals surface area contributed by atoms with Crippen LogP contribution in [0.25, 0.3) is 10.9 Å². The van der Waals surface area contributed by atoms with Crippen LogP contribution >= 0.6 is 0 Å². The van der Waals surface area contributed by atoms with Gasteiger partial charge in [-0.1, -0.05) is 18.2 Å². The maximum absolute atomic E-state index is 14.6. The van der Waals surface area contributed by atoms with Crippen molar-refractivity contribution in [2.45, 2.75) is 58.0 Å². The van der Waals surface area contributed by atoms with E-state index >= 15 is 0 Å². The van der Waals surface area contributed by atoms with Gasteiger partial charge in [0, 0.05) is 32.5 Å². The molecule has 7 nitrogen and oxygen atoms in total. The maximum atomic E-state index is 14.6. The molecule has 2 heterocycles. The molecule has 2 aromatic rings. The Labute approximate surface area is 182 Å². The first-order chi connectivity index (χ1) is 16.7. The number of benzene rings is 1. The number of carbonyl (C=O) groups is 3. The lowest BCUT2D eigenvalue weighted by Gasteiger charge is -2.27. The molecule has 3 atom stereocenters. The summed E-state index contributed by atoms with van der Waals surface area (Å²) in [5.74, 6) is -2.82. The third-order valence-electron chi connectivity index (χ3n) is 5.80. The summed E-state index contributed by atoms with van der Waals surface area (Å²) in [7, 11) is 0. The molecule has 0 bridgehead atoms. The Morgan fingerprint density at radius 3 is 2.73 bits per heavy atom. The number of primary amides is 1. The zero-order chi connectivity index (χ0) is 26.6. The second kappa shape index (κ2) is 7.66. The molecule has 1 aliphatic heterocycles. The first-order valence-corrected chi connectivity index (χ1v) is 9.69. The lowest BCUT2D eigenvalue weighted by Crippen LogP contribution is -2.44. The van der Waals surface area contributed by atoms with Gasteiger partial charge in [0.15, 0.2) is 11.5 Å². The predicted octanol–water partition coefficient (Wildman–Crippen LogP) is 2.74. The molecule has 0 spiro atoms. The Balaban J connectivity index is 1.51. The molecule has 2 fully saturated rings. The molecule has 158 valence electrons. The molecule has 1 saturated carbocycles. The molecule has 30 heavy (non-hydrogen) atoms. The molecule has 0 radical (unpaired) electrons. The number of amides is 2. The van der Waals surface area contributed by atoms with E-state index in [2.05, 4.69) is 5.10 Å². The molecular weight excluding hydrogens is 387 g/mol.